The van der Waals surface area contributed by atoms with Gasteiger partial charge in [0.05, 0.1) is 0 Å². The Morgan fingerprint density at radius 1 is 0.786 bits per heavy atom. The van der Waals surface area contributed by atoms with Gasteiger partial charge in [-0.05, 0) is 79.6 Å². The first-order valence-corrected chi connectivity index (χ1v) is 9.41. The quantitative estimate of drug-likeness (QED) is 0.566. The molecular weight excluding hydrogens is 348 g/mol. The molecule has 0 heterocycles. The summed E-state index contributed by atoms with van der Waals surface area (Å²) in [4.78, 5) is 11.7. The molecule has 0 saturated heterocycles. The third kappa shape index (κ3) is 3.40. The van der Waals surface area contributed by atoms with Crippen molar-refractivity contribution in [1.29, 1.82) is 0 Å². The molecule has 2 N–H and O–H groups in total. The van der Waals surface area contributed by atoms with E-state index in [9.17, 15) is 15.0 Å². The molecule has 0 aliphatic heterocycles. The predicted octanol–water partition coefficient (Wildman–Crippen LogP) is 5.81. The van der Waals surface area contributed by atoms with Gasteiger partial charge in [-0.25, -0.2) is 4.79 Å². The molecule has 0 amide bonds. The lowest BCUT2D eigenvalue weighted by atomic mass is 9.78. The number of phenols is 1. The molecule has 3 rings (SSSR count). The van der Waals surface area contributed by atoms with Gasteiger partial charge in [0.2, 0.25) is 0 Å². The number of rotatable bonds is 4. The molecule has 0 spiro atoms. The van der Waals surface area contributed by atoms with Crippen LogP contribution in [0.1, 0.15) is 60.8 Å². The van der Waals surface area contributed by atoms with Crippen LogP contribution in [-0.2, 0) is 0 Å². The van der Waals surface area contributed by atoms with Gasteiger partial charge in [-0.3, -0.25) is 0 Å². The molecular formula is C25H26O3. The molecule has 3 aromatic carbocycles. The third-order valence-corrected chi connectivity index (χ3v) is 5.74. The summed E-state index contributed by atoms with van der Waals surface area (Å²) in [5.74, 6) is -1.54. The molecule has 3 aromatic rings. The van der Waals surface area contributed by atoms with Crippen molar-refractivity contribution in [3.63, 3.8) is 0 Å². The lowest BCUT2D eigenvalue weighted by Crippen LogP contribution is -2.11. The van der Waals surface area contributed by atoms with Crippen molar-refractivity contribution in [3.8, 4) is 5.75 Å². The van der Waals surface area contributed by atoms with Gasteiger partial charge in [0.25, 0.3) is 0 Å². The maximum absolute atomic E-state index is 11.7. The van der Waals surface area contributed by atoms with Crippen LogP contribution in [0.4, 0.5) is 0 Å². The van der Waals surface area contributed by atoms with E-state index in [1.165, 1.54) is 17.2 Å². The highest BCUT2D eigenvalue weighted by atomic mass is 16.4. The fourth-order valence-corrected chi connectivity index (χ4v) is 3.87. The summed E-state index contributed by atoms with van der Waals surface area (Å²) < 4.78 is 0. The number of hydrogen-bond acceptors (Lipinski definition) is 2. The average molecular weight is 374 g/mol. The molecule has 144 valence electrons. The molecule has 0 radical (unpaired) electrons. The van der Waals surface area contributed by atoms with Crippen LogP contribution in [-0.4, -0.2) is 16.2 Å². The number of carboxylic acid groups (broad SMARTS) is 1. The van der Waals surface area contributed by atoms with Gasteiger partial charge >= 0.3 is 5.97 Å². The number of hydrogen-bond donors (Lipinski definition) is 2. The van der Waals surface area contributed by atoms with Gasteiger partial charge in [0, 0.05) is 11.5 Å². The molecule has 0 aromatic heterocycles. The van der Waals surface area contributed by atoms with Crippen LogP contribution in [0, 0.1) is 34.6 Å². The highest BCUT2D eigenvalue weighted by Crippen LogP contribution is 2.42. The molecule has 3 heteroatoms. The Labute approximate surface area is 166 Å². The largest absolute Gasteiger partial charge is 0.507 e. The van der Waals surface area contributed by atoms with Gasteiger partial charge in [-0.15, -0.1) is 0 Å². The zero-order valence-corrected chi connectivity index (χ0v) is 17.0. The zero-order valence-electron chi connectivity index (χ0n) is 17.0. The van der Waals surface area contributed by atoms with Crippen molar-refractivity contribution in [2.45, 2.75) is 40.5 Å². The second-order valence-electron chi connectivity index (χ2n) is 7.57. The van der Waals surface area contributed by atoms with E-state index in [0.717, 1.165) is 27.8 Å². The fourth-order valence-electron chi connectivity index (χ4n) is 3.87. The van der Waals surface area contributed by atoms with E-state index in [0.29, 0.717) is 5.56 Å². The van der Waals surface area contributed by atoms with Crippen molar-refractivity contribution in [2.24, 2.45) is 0 Å². The van der Waals surface area contributed by atoms with Crippen LogP contribution in [0.5, 0.6) is 5.75 Å². The molecule has 3 nitrogen and oxygen atoms in total. The van der Waals surface area contributed by atoms with Crippen LogP contribution < -0.4 is 0 Å². The van der Waals surface area contributed by atoms with Crippen LogP contribution in [0.25, 0.3) is 0 Å². The summed E-state index contributed by atoms with van der Waals surface area (Å²) in [7, 11) is 0. The number of aromatic carboxylic acids is 1. The lowest BCUT2D eigenvalue weighted by molar-refractivity contribution is 0.0693. The summed E-state index contributed by atoms with van der Waals surface area (Å²) in [6.07, 6.45) is 0. The van der Waals surface area contributed by atoms with Crippen molar-refractivity contribution < 1.29 is 15.0 Å². The summed E-state index contributed by atoms with van der Waals surface area (Å²) in [5, 5.41) is 20.5. The first-order valence-electron chi connectivity index (χ1n) is 9.41. The van der Waals surface area contributed by atoms with Gasteiger partial charge in [-0.2, -0.15) is 0 Å². The highest BCUT2D eigenvalue weighted by Gasteiger charge is 2.27. The minimum atomic E-state index is -1.12. The molecule has 0 unspecified atom stereocenters. The Kier molecular flexibility index (Phi) is 5.28. The second-order valence-corrected chi connectivity index (χ2v) is 7.57. The van der Waals surface area contributed by atoms with E-state index in [1.807, 2.05) is 25.1 Å². The number of aromatic hydroxyl groups is 1. The Morgan fingerprint density at radius 3 is 1.75 bits per heavy atom. The van der Waals surface area contributed by atoms with Crippen molar-refractivity contribution in [2.75, 3.05) is 0 Å². The standard InChI is InChI=1S/C25H26O3/c1-14-12-21(24(26)22(13-14)25(27)28)23(19-10-6-8-15(2)17(19)4)20-11-7-9-16(3)18(20)5/h6-13,23,26H,1-5H3,(H,27,28). The number of aryl methyl sites for hydroxylation is 3. The van der Waals surface area contributed by atoms with E-state index < -0.39 is 5.97 Å². The fraction of sp³-hybridized carbons (Fsp3) is 0.240. The van der Waals surface area contributed by atoms with E-state index >= 15 is 0 Å². The van der Waals surface area contributed by atoms with Crippen LogP contribution in [0.15, 0.2) is 48.5 Å². The maximum Gasteiger partial charge on any atom is 0.339 e. The molecule has 0 aliphatic carbocycles. The van der Waals surface area contributed by atoms with Gasteiger partial charge in [-0.1, -0.05) is 42.5 Å². The minimum Gasteiger partial charge on any atom is -0.507 e. The Bertz CT molecular complexity index is 1010. The molecule has 0 fully saturated rings. The summed E-state index contributed by atoms with van der Waals surface area (Å²) in [5.41, 5.74) is 8.15. The second kappa shape index (κ2) is 7.51. The topological polar surface area (TPSA) is 57.5 Å². The van der Waals surface area contributed by atoms with Crippen LogP contribution >= 0.6 is 0 Å². The Hall–Kier alpha value is -3.07. The van der Waals surface area contributed by atoms with Gasteiger partial charge in [0.15, 0.2) is 0 Å². The molecule has 28 heavy (non-hydrogen) atoms. The summed E-state index contributed by atoms with van der Waals surface area (Å²) >= 11 is 0. The van der Waals surface area contributed by atoms with Crippen LogP contribution in [0.2, 0.25) is 0 Å². The van der Waals surface area contributed by atoms with Gasteiger partial charge in [0.1, 0.15) is 11.3 Å². The Morgan fingerprint density at radius 2 is 1.29 bits per heavy atom. The Balaban J connectivity index is 2.40. The van der Waals surface area contributed by atoms with E-state index in [2.05, 4.69) is 52.0 Å². The minimum absolute atomic E-state index is 0.0596. The molecule has 0 atom stereocenters. The third-order valence-electron chi connectivity index (χ3n) is 5.74. The number of carbonyl (C=O) groups is 1. The lowest BCUT2D eigenvalue weighted by Gasteiger charge is -2.26. The van der Waals surface area contributed by atoms with Gasteiger partial charge < -0.3 is 10.2 Å². The first kappa shape index (κ1) is 19.7. The predicted molar refractivity (Wildman–Crippen MR) is 113 cm³/mol. The van der Waals surface area contributed by atoms with E-state index in [1.54, 1.807) is 0 Å². The monoisotopic (exact) mass is 374 g/mol. The van der Waals surface area contributed by atoms with E-state index in [4.69, 9.17) is 0 Å². The summed E-state index contributed by atoms with van der Waals surface area (Å²) in [6, 6.07) is 15.7. The molecule has 0 bridgehead atoms. The number of carboxylic acids is 1. The summed E-state index contributed by atoms with van der Waals surface area (Å²) in [6.45, 7) is 10.1. The van der Waals surface area contributed by atoms with Crippen molar-refractivity contribution in [1.82, 2.24) is 0 Å². The average Bonchev–Trinajstić information content (AvgIpc) is 2.64. The normalized spacial score (nSPS) is 11.1. The first-order chi connectivity index (χ1) is 13.2. The van der Waals surface area contributed by atoms with E-state index in [-0.39, 0.29) is 17.2 Å². The smallest absolute Gasteiger partial charge is 0.339 e. The molecule has 0 saturated carbocycles. The SMILES string of the molecule is Cc1cc(C(=O)O)c(O)c(C(c2cccc(C)c2C)c2cccc(C)c2C)c1. The highest BCUT2D eigenvalue weighted by molar-refractivity contribution is 5.92. The zero-order chi connectivity index (χ0) is 20.6. The molecule has 0 aliphatic rings. The van der Waals surface area contributed by atoms with Crippen molar-refractivity contribution >= 4 is 5.97 Å². The maximum atomic E-state index is 11.7. The van der Waals surface area contributed by atoms with Crippen LogP contribution in [0.3, 0.4) is 0 Å². The van der Waals surface area contributed by atoms with Crippen molar-refractivity contribution in [3.05, 3.63) is 98.6 Å². The number of benzene rings is 3.